The summed E-state index contributed by atoms with van der Waals surface area (Å²) in [6.07, 6.45) is 2.59. The maximum Gasteiger partial charge on any atom is 0.0224 e. The molecule has 56 valence electrons. The second kappa shape index (κ2) is 6.08. The lowest BCUT2D eigenvalue weighted by Gasteiger charge is -2.11. The fourth-order valence-corrected chi connectivity index (χ4v) is 0.407. The summed E-state index contributed by atoms with van der Waals surface area (Å²) in [5.74, 6) is 0. The predicted octanol–water partition coefficient (Wildman–Crippen LogP) is 0.659. The Bertz CT molecular complexity index is 73.5. The Labute approximate surface area is 62.7 Å². The predicted molar refractivity (Wildman–Crippen MR) is 43.7 cm³/mol. The molecule has 0 aromatic rings. The molecule has 2 unspecified atom stereocenters. The molecule has 2 atom stereocenters. The van der Waals surface area contributed by atoms with Gasteiger partial charge in [-0.15, -0.1) is 19.0 Å². The molecule has 0 amide bonds. The summed E-state index contributed by atoms with van der Waals surface area (Å²) in [6, 6.07) is 0.153. The molecule has 0 saturated heterocycles. The summed E-state index contributed by atoms with van der Waals surface area (Å²) >= 11 is 0. The van der Waals surface area contributed by atoms with Crippen molar-refractivity contribution in [3.05, 3.63) is 12.7 Å². The first-order valence-electron chi connectivity index (χ1n) is 2.80. The lowest BCUT2D eigenvalue weighted by Crippen LogP contribution is -2.38. The van der Waals surface area contributed by atoms with Gasteiger partial charge in [0.1, 0.15) is 0 Å². The fraction of sp³-hybridized carbons (Fsp3) is 0.667. The number of rotatable bonds is 3. The van der Waals surface area contributed by atoms with Gasteiger partial charge in [-0.3, -0.25) is 0 Å². The van der Waals surface area contributed by atoms with Crippen LogP contribution in [0.25, 0.3) is 0 Å². The van der Waals surface area contributed by atoms with Crippen molar-refractivity contribution < 1.29 is 0 Å². The first-order chi connectivity index (χ1) is 3.68. The minimum atomic E-state index is 0. The molecule has 0 fully saturated rings. The van der Waals surface area contributed by atoms with Gasteiger partial charge in [-0.2, -0.15) is 0 Å². The van der Waals surface area contributed by atoms with Crippen LogP contribution in [0.3, 0.4) is 0 Å². The minimum Gasteiger partial charge on any atom is -0.327 e. The Morgan fingerprint density at radius 3 is 2.11 bits per heavy atom. The Morgan fingerprint density at radius 2 is 2.00 bits per heavy atom. The molecule has 0 aromatic carbocycles. The molecule has 2 nitrogen and oxygen atoms in total. The molecular formula is C6H15ClN2. The van der Waals surface area contributed by atoms with Crippen LogP contribution in [0.15, 0.2) is 12.7 Å². The Balaban J connectivity index is 0. The largest absolute Gasteiger partial charge is 0.327 e. The molecule has 9 heavy (non-hydrogen) atoms. The topological polar surface area (TPSA) is 52.0 Å². The second-order valence-corrected chi connectivity index (χ2v) is 2.05. The van der Waals surface area contributed by atoms with E-state index >= 15 is 0 Å². The van der Waals surface area contributed by atoms with Crippen LogP contribution in [-0.2, 0) is 0 Å². The molecule has 0 saturated carbocycles. The molecule has 0 spiro atoms. The van der Waals surface area contributed by atoms with E-state index < -0.39 is 0 Å². The van der Waals surface area contributed by atoms with E-state index in [-0.39, 0.29) is 24.5 Å². The normalized spacial score (nSPS) is 15.4. The van der Waals surface area contributed by atoms with Gasteiger partial charge in [0.15, 0.2) is 0 Å². The third-order valence-electron chi connectivity index (χ3n) is 1.11. The lowest BCUT2D eigenvalue weighted by atomic mass is 10.1. The van der Waals surface area contributed by atoms with E-state index in [0.29, 0.717) is 0 Å². The number of hydrogen-bond acceptors (Lipinski definition) is 2. The van der Waals surface area contributed by atoms with Gasteiger partial charge in [-0.1, -0.05) is 6.08 Å². The number of nitrogens with two attached hydrogens (primary N) is 2. The van der Waals surface area contributed by atoms with Crippen LogP contribution in [0.5, 0.6) is 0 Å². The van der Waals surface area contributed by atoms with Crippen molar-refractivity contribution in [3.63, 3.8) is 0 Å². The molecule has 4 N–H and O–H groups in total. The zero-order valence-electron chi connectivity index (χ0n) is 5.71. The van der Waals surface area contributed by atoms with Crippen molar-refractivity contribution in [2.24, 2.45) is 11.5 Å². The summed E-state index contributed by atoms with van der Waals surface area (Å²) in [5, 5.41) is 0. The highest BCUT2D eigenvalue weighted by molar-refractivity contribution is 5.85. The summed E-state index contributed by atoms with van der Waals surface area (Å²) in [4.78, 5) is 0. The second-order valence-electron chi connectivity index (χ2n) is 2.05. The van der Waals surface area contributed by atoms with E-state index in [1.807, 2.05) is 6.92 Å². The van der Waals surface area contributed by atoms with Crippen LogP contribution in [0.4, 0.5) is 0 Å². The van der Waals surface area contributed by atoms with Crippen molar-refractivity contribution in [1.82, 2.24) is 0 Å². The van der Waals surface area contributed by atoms with Crippen molar-refractivity contribution in [2.45, 2.75) is 25.4 Å². The van der Waals surface area contributed by atoms with Gasteiger partial charge < -0.3 is 11.5 Å². The van der Waals surface area contributed by atoms with Gasteiger partial charge in [-0.05, 0) is 13.3 Å². The van der Waals surface area contributed by atoms with Crippen LogP contribution < -0.4 is 11.5 Å². The van der Waals surface area contributed by atoms with Gasteiger partial charge in [-0.25, -0.2) is 0 Å². The summed E-state index contributed by atoms with van der Waals surface area (Å²) < 4.78 is 0. The van der Waals surface area contributed by atoms with Crippen molar-refractivity contribution in [3.8, 4) is 0 Å². The molecule has 0 heterocycles. The molecule has 0 bridgehead atoms. The van der Waals surface area contributed by atoms with Crippen molar-refractivity contribution in [2.75, 3.05) is 0 Å². The average molecular weight is 151 g/mol. The summed E-state index contributed by atoms with van der Waals surface area (Å²) in [6.45, 7) is 5.44. The van der Waals surface area contributed by atoms with E-state index in [1.54, 1.807) is 6.08 Å². The van der Waals surface area contributed by atoms with Crippen LogP contribution in [0.2, 0.25) is 0 Å². The van der Waals surface area contributed by atoms with Gasteiger partial charge in [0.05, 0.1) is 0 Å². The number of hydrogen-bond donors (Lipinski definition) is 2. The third kappa shape index (κ3) is 5.83. The smallest absolute Gasteiger partial charge is 0.0224 e. The molecule has 0 radical (unpaired) electrons. The molecule has 0 aliphatic heterocycles. The minimum absolute atomic E-state index is 0. The van der Waals surface area contributed by atoms with Crippen LogP contribution in [0.1, 0.15) is 13.3 Å². The number of halogens is 1. The molecule has 0 aliphatic carbocycles. The standard InChI is InChI=1S/C6H14N2.ClH/c1-3-4-6(8)5(2)7;/h3,5-6H,1,4,7-8H2,2H3;1H. The molecule has 3 heteroatoms. The highest BCUT2D eigenvalue weighted by Gasteiger charge is 2.03. The Kier molecular flexibility index (Phi) is 7.91. The van der Waals surface area contributed by atoms with E-state index in [2.05, 4.69) is 6.58 Å². The van der Waals surface area contributed by atoms with Crippen molar-refractivity contribution in [1.29, 1.82) is 0 Å². The van der Waals surface area contributed by atoms with Gasteiger partial charge in [0, 0.05) is 12.1 Å². The highest BCUT2D eigenvalue weighted by atomic mass is 35.5. The fourth-order valence-electron chi connectivity index (χ4n) is 0.407. The van der Waals surface area contributed by atoms with E-state index in [4.69, 9.17) is 11.5 Å². The molecular weight excluding hydrogens is 136 g/mol. The summed E-state index contributed by atoms with van der Waals surface area (Å²) in [5.41, 5.74) is 11.0. The third-order valence-corrected chi connectivity index (χ3v) is 1.11. The highest BCUT2D eigenvalue weighted by Crippen LogP contribution is 1.91. The van der Waals surface area contributed by atoms with Gasteiger partial charge in [0.25, 0.3) is 0 Å². The van der Waals surface area contributed by atoms with Crippen LogP contribution >= 0.6 is 12.4 Å². The Hall–Kier alpha value is -0.0500. The van der Waals surface area contributed by atoms with E-state index in [0.717, 1.165) is 6.42 Å². The van der Waals surface area contributed by atoms with Gasteiger partial charge in [0.2, 0.25) is 0 Å². The first-order valence-corrected chi connectivity index (χ1v) is 2.80. The molecule has 0 aliphatic rings. The van der Waals surface area contributed by atoms with Gasteiger partial charge >= 0.3 is 0 Å². The van der Waals surface area contributed by atoms with Crippen LogP contribution in [-0.4, -0.2) is 12.1 Å². The maximum atomic E-state index is 5.53. The zero-order valence-corrected chi connectivity index (χ0v) is 6.53. The lowest BCUT2D eigenvalue weighted by molar-refractivity contribution is 0.566. The molecule has 0 rings (SSSR count). The zero-order chi connectivity index (χ0) is 6.57. The monoisotopic (exact) mass is 150 g/mol. The quantitative estimate of drug-likeness (QED) is 0.581. The van der Waals surface area contributed by atoms with Crippen molar-refractivity contribution >= 4 is 12.4 Å². The van der Waals surface area contributed by atoms with E-state index in [9.17, 15) is 0 Å². The first kappa shape index (κ1) is 11.7. The summed E-state index contributed by atoms with van der Waals surface area (Å²) in [7, 11) is 0. The maximum absolute atomic E-state index is 5.53. The SMILES string of the molecule is C=CCC(N)C(C)N.Cl. The molecule has 0 aromatic heterocycles. The van der Waals surface area contributed by atoms with Crippen LogP contribution in [0, 0.1) is 0 Å². The average Bonchev–Trinajstić information content (AvgIpc) is 1.67. The Morgan fingerprint density at radius 1 is 1.56 bits per heavy atom. The van der Waals surface area contributed by atoms with E-state index in [1.165, 1.54) is 0 Å².